The van der Waals surface area contributed by atoms with Crippen LogP contribution in [0.25, 0.3) is 0 Å². The fourth-order valence-corrected chi connectivity index (χ4v) is 4.36. The number of amides is 1. The first-order chi connectivity index (χ1) is 12.0. The Morgan fingerprint density at radius 1 is 1.08 bits per heavy atom. The van der Waals surface area contributed by atoms with Gasteiger partial charge in [0, 0.05) is 11.6 Å². The van der Waals surface area contributed by atoms with Crippen molar-refractivity contribution in [3.8, 4) is 0 Å². The van der Waals surface area contributed by atoms with Crippen LogP contribution in [0.3, 0.4) is 0 Å². The largest absolute Gasteiger partial charge is 0.290 e. The number of rotatable bonds is 4. The van der Waals surface area contributed by atoms with Crippen LogP contribution in [0.5, 0.6) is 0 Å². The molecule has 0 aliphatic heterocycles. The fraction of sp³-hybridized carbons (Fsp3) is 0.235. The van der Waals surface area contributed by atoms with Gasteiger partial charge >= 0.3 is 0 Å². The van der Waals surface area contributed by atoms with Gasteiger partial charge in [0.15, 0.2) is 11.6 Å². The maximum atomic E-state index is 13.9. The molecule has 0 fully saturated rings. The molecule has 0 heterocycles. The molecule has 0 spiro atoms. The van der Waals surface area contributed by atoms with E-state index in [0.717, 1.165) is 4.31 Å². The van der Waals surface area contributed by atoms with E-state index in [1.54, 1.807) is 26.8 Å². The highest BCUT2D eigenvalue weighted by atomic mass is 32.2. The zero-order valence-corrected chi connectivity index (χ0v) is 15.3. The van der Waals surface area contributed by atoms with Gasteiger partial charge in [0.2, 0.25) is 0 Å². The molecule has 1 amide bonds. The molecule has 0 aliphatic rings. The van der Waals surface area contributed by atoms with Crippen molar-refractivity contribution in [1.29, 1.82) is 0 Å². The number of carbonyl (C=O) groups excluding carboxylic acids is 1. The second kappa shape index (κ2) is 7.00. The number of nitrogens with two attached hydrogens (primary N) is 1. The van der Waals surface area contributed by atoms with Gasteiger partial charge in [-0.3, -0.25) is 14.5 Å². The van der Waals surface area contributed by atoms with Gasteiger partial charge in [-0.15, -0.1) is 0 Å². The van der Waals surface area contributed by atoms with Gasteiger partial charge in [-0.2, -0.15) is 0 Å². The first-order valence-corrected chi connectivity index (χ1v) is 9.04. The third-order valence-electron chi connectivity index (χ3n) is 3.52. The van der Waals surface area contributed by atoms with Crippen LogP contribution in [0.1, 0.15) is 31.1 Å². The van der Waals surface area contributed by atoms with E-state index in [9.17, 15) is 22.0 Å². The molecule has 140 valence electrons. The van der Waals surface area contributed by atoms with Gasteiger partial charge in [-0.1, -0.05) is 18.2 Å². The SMILES string of the molecule is CC(C)(C)N(c1cc(F)c(F)cc1C(=O)NN)S(=O)(=O)c1ccccc1. The Morgan fingerprint density at radius 2 is 1.62 bits per heavy atom. The Hall–Kier alpha value is -2.52. The topological polar surface area (TPSA) is 92.5 Å². The molecule has 2 aromatic carbocycles. The van der Waals surface area contributed by atoms with E-state index in [2.05, 4.69) is 0 Å². The minimum atomic E-state index is -4.18. The lowest BCUT2D eigenvalue weighted by Crippen LogP contribution is -2.47. The summed E-state index contributed by atoms with van der Waals surface area (Å²) in [4.78, 5) is 12.0. The molecule has 0 saturated heterocycles. The third kappa shape index (κ3) is 3.68. The molecule has 0 aromatic heterocycles. The maximum Gasteiger partial charge on any atom is 0.267 e. The second-order valence-corrected chi connectivity index (χ2v) is 8.30. The minimum Gasteiger partial charge on any atom is -0.290 e. The van der Waals surface area contributed by atoms with E-state index >= 15 is 0 Å². The zero-order chi connectivity index (χ0) is 19.7. The summed E-state index contributed by atoms with van der Waals surface area (Å²) in [5.74, 6) is 1.58. The molecule has 0 atom stereocenters. The Kier molecular flexibility index (Phi) is 5.33. The van der Waals surface area contributed by atoms with E-state index in [-0.39, 0.29) is 10.6 Å². The standard InChI is InChI=1S/C17H19F2N3O3S/c1-17(2,3)22(26(24,25)11-7-5-4-6-8-11)15-10-14(19)13(18)9-12(15)16(23)21-20/h4-10H,20H2,1-3H3,(H,21,23). The van der Waals surface area contributed by atoms with Crippen LogP contribution < -0.4 is 15.6 Å². The van der Waals surface area contributed by atoms with Crippen LogP contribution in [-0.2, 0) is 10.0 Å². The lowest BCUT2D eigenvalue weighted by Gasteiger charge is -2.37. The Bertz CT molecular complexity index is 926. The zero-order valence-electron chi connectivity index (χ0n) is 14.5. The summed E-state index contributed by atoms with van der Waals surface area (Å²) in [7, 11) is -4.18. The predicted molar refractivity (Wildman–Crippen MR) is 93.9 cm³/mol. The van der Waals surface area contributed by atoms with Crippen molar-refractivity contribution in [2.24, 2.45) is 5.84 Å². The molecule has 0 saturated carbocycles. The van der Waals surface area contributed by atoms with E-state index in [1.807, 2.05) is 5.43 Å². The van der Waals surface area contributed by atoms with Crippen LogP contribution in [0, 0.1) is 11.6 Å². The molecule has 2 rings (SSSR count). The van der Waals surface area contributed by atoms with Crippen molar-refractivity contribution in [3.63, 3.8) is 0 Å². The number of hydrazine groups is 1. The number of benzene rings is 2. The molecule has 6 nitrogen and oxygen atoms in total. The van der Waals surface area contributed by atoms with E-state index in [0.29, 0.717) is 12.1 Å². The van der Waals surface area contributed by atoms with Gasteiger partial charge < -0.3 is 0 Å². The summed E-state index contributed by atoms with van der Waals surface area (Å²) in [5.41, 5.74) is 0.00318. The Labute approximate surface area is 150 Å². The number of nitrogens with zero attached hydrogens (tertiary/aromatic N) is 1. The van der Waals surface area contributed by atoms with Crippen LogP contribution in [0.2, 0.25) is 0 Å². The lowest BCUT2D eigenvalue weighted by atomic mass is 10.1. The quantitative estimate of drug-likeness (QED) is 0.482. The predicted octanol–water partition coefficient (Wildman–Crippen LogP) is 2.56. The van der Waals surface area contributed by atoms with Crippen molar-refractivity contribution in [2.75, 3.05) is 4.31 Å². The average Bonchev–Trinajstić information content (AvgIpc) is 2.56. The molecule has 9 heteroatoms. The van der Waals surface area contributed by atoms with Gasteiger partial charge in [0.1, 0.15) is 0 Å². The first kappa shape index (κ1) is 19.8. The van der Waals surface area contributed by atoms with Crippen LogP contribution in [0.4, 0.5) is 14.5 Å². The highest BCUT2D eigenvalue weighted by molar-refractivity contribution is 7.93. The highest BCUT2D eigenvalue weighted by Gasteiger charge is 2.37. The van der Waals surface area contributed by atoms with Crippen LogP contribution in [-0.4, -0.2) is 19.9 Å². The van der Waals surface area contributed by atoms with Crippen molar-refractivity contribution in [2.45, 2.75) is 31.2 Å². The van der Waals surface area contributed by atoms with E-state index in [1.165, 1.54) is 24.3 Å². The van der Waals surface area contributed by atoms with Crippen molar-refractivity contribution < 1.29 is 22.0 Å². The fourth-order valence-electron chi connectivity index (χ4n) is 2.51. The summed E-state index contributed by atoms with van der Waals surface area (Å²) < 4.78 is 54.8. The number of hydrogen-bond donors (Lipinski definition) is 2. The average molecular weight is 383 g/mol. The number of nitrogen functional groups attached to an aromatic ring is 1. The molecule has 0 radical (unpaired) electrons. The molecule has 3 N–H and O–H groups in total. The van der Waals surface area contributed by atoms with Crippen molar-refractivity contribution in [3.05, 3.63) is 59.7 Å². The number of hydrogen-bond acceptors (Lipinski definition) is 4. The van der Waals surface area contributed by atoms with Gasteiger partial charge in [0.05, 0.1) is 16.1 Å². The van der Waals surface area contributed by atoms with Crippen molar-refractivity contribution in [1.82, 2.24) is 5.43 Å². The van der Waals surface area contributed by atoms with Crippen LogP contribution in [0.15, 0.2) is 47.4 Å². The summed E-state index contributed by atoms with van der Waals surface area (Å²) in [5, 5.41) is 0. The number of carbonyl (C=O) groups is 1. The summed E-state index contributed by atoms with van der Waals surface area (Å²) in [6.07, 6.45) is 0. The number of anilines is 1. The monoisotopic (exact) mass is 383 g/mol. The lowest BCUT2D eigenvalue weighted by molar-refractivity contribution is 0.0953. The van der Waals surface area contributed by atoms with Crippen molar-refractivity contribution >= 4 is 21.6 Å². The van der Waals surface area contributed by atoms with Gasteiger partial charge in [0.25, 0.3) is 15.9 Å². The smallest absolute Gasteiger partial charge is 0.267 e. The number of halogens is 2. The second-order valence-electron chi connectivity index (χ2n) is 6.51. The Balaban J connectivity index is 2.82. The summed E-state index contributed by atoms with van der Waals surface area (Å²) >= 11 is 0. The van der Waals surface area contributed by atoms with E-state index in [4.69, 9.17) is 5.84 Å². The van der Waals surface area contributed by atoms with E-state index < -0.39 is 38.7 Å². The first-order valence-electron chi connectivity index (χ1n) is 7.60. The van der Waals surface area contributed by atoms with Gasteiger partial charge in [-0.25, -0.2) is 23.0 Å². The third-order valence-corrected chi connectivity index (χ3v) is 5.62. The molecular formula is C17H19F2N3O3S. The summed E-state index contributed by atoms with van der Waals surface area (Å²) in [6, 6.07) is 8.75. The molecule has 26 heavy (non-hydrogen) atoms. The molecular weight excluding hydrogens is 364 g/mol. The highest BCUT2D eigenvalue weighted by Crippen LogP contribution is 2.35. The molecule has 0 unspecified atom stereocenters. The molecule has 2 aromatic rings. The summed E-state index contributed by atoms with van der Waals surface area (Å²) in [6.45, 7) is 4.71. The minimum absolute atomic E-state index is 0.0567. The number of sulfonamides is 1. The van der Waals surface area contributed by atoms with Crippen LogP contribution >= 0.6 is 0 Å². The Morgan fingerprint density at radius 3 is 2.12 bits per heavy atom. The maximum absolute atomic E-state index is 13.9. The molecule has 0 aliphatic carbocycles. The molecule has 0 bridgehead atoms. The number of nitrogens with one attached hydrogen (secondary N) is 1. The van der Waals surface area contributed by atoms with Gasteiger partial charge in [-0.05, 0) is 39.0 Å². The normalized spacial score (nSPS) is 11.9.